The molecule has 43 heavy (non-hydrogen) atoms. The number of carbonyl (C=O) groups is 1. The average Bonchev–Trinajstić information content (AvgIpc) is 3.36. The van der Waals surface area contributed by atoms with Crippen LogP contribution in [0.5, 0.6) is 0 Å². The molecule has 0 spiro atoms. The zero-order valence-electron chi connectivity index (χ0n) is 26.0. The van der Waals surface area contributed by atoms with Crippen molar-refractivity contribution in [1.82, 2.24) is 9.80 Å². The number of hydrogen-bond donors (Lipinski definition) is 0. The summed E-state index contributed by atoms with van der Waals surface area (Å²) in [6.45, 7) is 0. The van der Waals surface area contributed by atoms with E-state index in [1.54, 1.807) is 17.8 Å². The van der Waals surface area contributed by atoms with Crippen LogP contribution in [0.4, 0.5) is 9.18 Å². The number of ether oxygens (including phenoxy) is 2. The van der Waals surface area contributed by atoms with Crippen molar-refractivity contribution in [3.05, 3.63) is 71.5 Å². The molecule has 3 atom stereocenters. The van der Waals surface area contributed by atoms with E-state index in [-0.39, 0.29) is 17.9 Å². The van der Waals surface area contributed by atoms with Crippen molar-refractivity contribution in [2.45, 2.75) is 93.8 Å². The molecule has 0 amide bonds. The number of hydrogen-bond acceptors (Lipinski definition) is 7. The fourth-order valence-electron chi connectivity index (χ4n) is 7.67. The maximum atomic E-state index is 14.1. The summed E-state index contributed by atoms with van der Waals surface area (Å²) < 4.78 is 25.3. The lowest BCUT2D eigenvalue weighted by Gasteiger charge is -2.43. The third-order valence-electron chi connectivity index (χ3n) is 9.77. The molecule has 3 unspecified atom stereocenters. The van der Waals surface area contributed by atoms with Crippen molar-refractivity contribution in [2.75, 3.05) is 27.0 Å². The van der Waals surface area contributed by atoms with Crippen molar-refractivity contribution in [3.63, 3.8) is 0 Å². The second kappa shape index (κ2) is 14.9. The predicted octanol–water partition coefficient (Wildman–Crippen LogP) is 8.08. The fraction of sp³-hybridized carbons (Fsp3) is 0.600. The van der Waals surface area contributed by atoms with Crippen molar-refractivity contribution in [2.24, 2.45) is 16.8 Å². The first-order valence-electron chi connectivity index (χ1n) is 16.0. The van der Waals surface area contributed by atoms with Crippen LogP contribution >= 0.6 is 11.8 Å². The molecule has 8 heteroatoms. The average molecular weight is 610 g/mol. The third-order valence-corrected chi connectivity index (χ3v) is 10.9. The highest BCUT2D eigenvalue weighted by molar-refractivity contribution is 7.98. The Hall–Kier alpha value is -2.58. The van der Waals surface area contributed by atoms with Gasteiger partial charge >= 0.3 is 6.16 Å². The molecule has 2 fully saturated rings. The Morgan fingerprint density at radius 3 is 2.47 bits per heavy atom. The molecule has 1 aliphatic heterocycles. The number of carbonyl (C=O) groups excluding carboxylic acids is 1. The largest absolute Gasteiger partial charge is 0.510 e. The molecule has 2 aromatic carbocycles. The lowest BCUT2D eigenvalue weighted by Crippen LogP contribution is -2.54. The SMILES string of the molecule is COC(=O)OC1(CSCc2ccccc2)N=CN(C2CCCCC2)C1CC1CCC(C(c2cccc(F)c2)N(C)C)CC1. The summed E-state index contributed by atoms with van der Waals surface area (Å²) in [5.41, 5.74) is 1.33. The van der Waals surface area contributed by atoms with Gasteiger partial charge in [0, 0.05) is 17.8 Å². The van der Waals surface area contributed by atoms with Gasteiger partial charge in [-0.3, -0.25) is 0 Å². The van der Waals surface area contributed by atoms with E-state index >= 15 is 0 Å². The number of rotatable bonds is 11. The molecule has 1 heterocycles. The molecule has 0 radical (unpaired) electrons. The summed E-state index contributed by atoms with van der Waals surface area (Å²) >= 11 is 1.77. The standard InChI is InChI=1S/C35H48FN3O3S/c1-38(2)33(29-13-10-14-30(36)22-29)28-19-17-26(18-20-28)21-32-35(42-34(40)41-3,24-43-23-27-11-6-4-7-12-27)37-25-39(32)31-15-8-5-9-16-31/h4,6-7,10-14,22,25-26,28,31-33H,5,8-9,15-21,23-24H2,1-3H3. The first-order chi connectivity index (χ1) is 20.9. The third kappa shape index (κ3) is 7.93. The van der Waals surface area contributed by atoms with Crippen molar-refractivity contribution >= 4 is 24.3 Å². The van der Waals surface area contributed by atoms with Gasteiger partial charge in [0.15, 0.2) is 0 Å². The minimum absolute atomic E-state index is 0.0209. The molecule has 0 saturated heterocycles. The van der Waals surface area contributed by atoms with Crippen molar-refractivity contribution in [1.29, 1.82) is 0 Å². The van der Waals surface area contributed by atoms with Crippen LogP contribution in [0.25, 0.3) is 0 Å². The monoisotopic (exact) mass is 609 g/mol. The van der Waals surface area contributed by atoms with Gasteiger partial charge in [0.05, 0.1) is 25.2 Å². The van der Waals surface area contributed by atoms with E-state index in [4.69, 9.17) is 14.5 Å². The molecule has 2 saturated carbocycles. The second-order valence-electron chi connectivity index (χ2n) is 12.9. The molecular formula is C35H48FN3O3S. The smallest absolute Gasteiger partial charge is 0.438 e. The highest BCUT2D eigenvalue weighted by Gasteiger charge is 2.51. The summed E-state index contributed by atoms with van der Waals surface area (Å²) in [6.07, 6.45) is 12.7. The van der Waals surface area contributed by atoms with E-state index in [9.17, 15) is 9.18 Å². The zero-order valence-corrected chi connectivity index (χ0v) is 26.8. The summed E-state index contributed by atoms with van der Waals surface area (Å²) in [5, 5.41) is 0. The van der Waals surface area contributed by atoms with Gasteiger partial charge < -0.3 is 19.3 Å². The van der Waals surface area contributed by atoms with Gasteiger partial charge in [-0.1, -0.05) is 74.6 Å². The van der Waals surface area contributed by atoms with Crippen LogP contribution in [0.2, 0.25) is 0 Å². The van der Waals surface area contributed by atoms with E-state index < -0.39 is 11.9 Å². The van der Waals surface area contributed by atoms with Gasteiger partial charge in [-0.2, -0.15) is 11.8 Å². The van der Waals surface area contributed by atoms with E-state index in [1.807, 2.05) is 18.5 Å². The normalized spacial score (nSPS) is 26.9. The molecule has 0 N–H and O–H groups in total. The summed E-state index contributed by atoms with van der Waals surface area (Å²) in [5.74, 6) is 2.22. The summed E-state index contributed by atoms with van der Waals surface area (Å²) in [7, 11) is 5.58. The Morgan fingerprint density at radius 1 is 1.05 bits per heavy atom. The Bertz CT molecular complexity index is 1200. The number of thioether (sulfide) groups is 1. The first-order valence-corrected chi connectivity index (χ1v) is 17.2. The Morgan fingerprint density at radius 2 is 1.79 bits per heavy atom. The van der Waals surface area contributed by atoms with Gasteiger partial charge in [0.2, 0.25) is 5.72 Å². The van der Waals surface area contributed by atoms with E-state index in [1.165, 1.54) is 38.0 Å². The van der Waals surface area contributed by atoms with Gasteiger partial charge in [0.25, 0.3) is 0 Å². The van der Waals surface area contributed by atoms with Gasteiger partial charge in [-0.15, -0.1) is 0 Å². The quantitative estimate of drug-likeness (QED) is 0.240. The summed E-state index contributed by atoms with van der Waals surface area (Å²) in [4.78, 5) is 22.4. The molecule has 0 aromatic heterocycles. The van der Waals surface area contributed by atoms with Crippen LogP contribution in [-0.4, -0.2) is 67.1 Å². The Balaban J connectivity index is 1.32. The molecule has 3 aliphatic rings. The number of benzene rings is 2. The first kappa shape index (κ1) is 31.8. The topological polar surface area (TPSA) is 54.4 Å². The van der Waals surface area contributed by atoms with Crippen LogP contribution in [0.15, 0.2) is 59.6 Å². The minimum Gasteiger partial charge on any atom is -0.438 e. The number of nitrogens with zero attached hydrogens (tertiary/aromatic N) is 3. The van der Waals surface area contributed by atoms with Crippen LogP contribution in [0.1, 0.15) is 81.4 Å². The molecule has 0 bridgehead atoms. The Labute approximate surface area is 261 Å². The van der Waals surface area contributed by atoms with Crippen molar-refractivity contribution < 1.29 is 18.7 Å². The predicted molar refractivity (Wildman–Crippen MR) is 173 cm³/mol. The van der Waals surface area contributed by atoms with E-state index in [2.05, 4.69) is 54.2 Å². The second-order valence-corrected chi connectivity index (χ2v) is 13.8. The van der Waals surface area contributed by atoms with E-state index in [0.717, 1.165) is 56.3 Å². The van der Waals surface area contributed by atoms with Gasteiger partial charge in [0.1, 0.15) is 5.82 Å². The van der Waals surface area contributed by atoms with Crippen molar-refractivity contribution in [3.8, 4) is 0 Å². The molecular weight excluding hydrogens is 561 g/mol. The van der Waals surface area contributed by atoms with E-state index in [0.29, 0.717) is 23.6 Å². The zero-order chi connectivity index (χ0) is 30.2. The number of halogens is 1. The molecule has 2 aliphatic carbocycles. The van der Waals surface area contributed by atoms with Gasteiger partial charge in [-0.05, 0) is 81.3 Å². The molecule has 6 nitrogen and oxygen atoms in total. The molecule has 5 rings (SSSR count). The maximum absolute atomic E-state index is 14.1. The lowest BCUT2D eigenvalue weighted by molar-refractivity contribution is -0.0501. The fourth-order valence-corrected chi connectivity index (χ4v) is 8.82. The van der Waals surface area contributed by atoms with Crippen LogP contribution in [0.3, 0.4) is 0 Å². The van der Waals surface area contributed by atoms with Gasteiger partial charge in [-0.25, -0.2) is 14.2 Å². The molecule has 234 valence electrons. The summed E-state index contributed by atoms with van der Waals surface area (Å²) in [6, 6.07) is 18.1. The minimum atomic E-state index is -0.978. The highest BCUT2D eigenvalue weighted by atomic mass is 32.2. The van der Waals surface area contributed by atoms with Crippen LogP contribution < -0.4 is 0 Å². The Kier molecular flexibility index (Phi) is 11.1. The number of aliphatic imine (C=N–C) groups is 1. The highest BCUT2D eigenvalue weighted by Crippen LogP contribution is 2.45. The molecule has 2 aromatic rings. The lowest BCUT2D eigenvalue weighted by atomic mass is 9.73. The maximum Gasteiger partial charge on any atom is 0.510 e. The number of methoxy groups -OCH3 is 1. The van der Waals surface area contributed by atoms with Crippen LogP contribution in [-0.2, 0) is 15.2 Å². The van der Waals surface area contributed by atoms with Crippen LogP contribution in [0, 0.1) is 17.7 Å².